The van der Waals surface area contributed by atoms with Crippen LogP contribution in [0.25, 0.3) is 0 Å². The number of carbonyl (C=O) groups excluding carboxylic acids is 2. The molecule has 1 aliphatic carbocycles. The van der Waals surface area contributed by atoms with E-state index in [0.29, 0.717) is 17.1 Å². The highest BCUT2D eigenvalue weighted by atomic mass is 32.1. The van der Waals surface area contributed by atoms with Crippen molar-refractivity contribution in [3.05, 3.63) is 16.0 Å². The number of ether oxygens (including phenoxy) is 1. The summed E-state index contributed by atoms with van der Waals surface area (Å²) < 4.78 is 5.31. The Hall–Kier alpha value is -1.64. The molecule has 0 aromatic carbocycles. The predicted octanol–water partition coefficient (Wildman–Crippen LogP) is 1.18. The number of carbonyl (C=O) groups is 2. The van der Waals surface area contributed by atoms with Crippen LogP contribution in [0, 0.1) is 0 Å². The van der Waals surface area contributed by atoms with Crippen molar-refractivity contribution in [2.75, 3.05) is 44.7 Å². The lowest BCUT2D eigenvalue weighted by Gasteiger charge is -2.26. The van der Waals surface area contributed by atoms with Gasteiger partial charge in [-0.3, -0.25) is 15.0 Å². The minimum Gasteiger partial charge on any atom is -0.379 e. The van der Waals surface area contributed by atoms with Gasteiger partial charge in [0, 0.05) is 24.5 Å². The molecule has 1 saturated heterocycles. The molecule has 132 valence electrons. The second-order valence-electron chi connectivity index (χ2n) is 6.11. The number of hydrogen-bond donors (Lipinski definition) is 3. The summed E-state index contributed by atoms with van der Waals surface area (Å²) in [5, 5.41) is 6.22. The molecule has 8 heteroatoms. The average molecular weight is 352 g/mol. The first-order valence-corrected chi connectivity index (χ1v) is 9.26. The van der Waals surface area contributed by atoms with Gasteiger partial charge in [-0.05, 0) is 37.8 Å². The summed E-state index contributed by atoms with van der Waals surface area (Å²) in [4.78, 5) is 27.3. The van der Waals surface area contributed by atoms with Crippen LogP contribution in [0.2, 0.25) is 0 Å². The van der Waals surface area contributed by atoms with Crippen molar-refractivity contribution in [3.8, 4) is 0 Å². The molecule has 1 fully saturated rings. The lowest BCUT2D eigenvalue weighted by molar-refractivity contribution is 0.0375. The molecule has 1 aromatic heterocycles. The van der Waals surface area contributed by atoms with Gasteiger partial charge >= 0.3 is 6.03 Å². The fourth-order valence-electron chi connectivity index (χ4n) is 3.23. The Labute approximate surface area is 145 Å². The Balaban J connectivity index is 1.46. The van der Waals surface area contributed by atoms with Gasteiger partial charge in [0.2, 0.25) is 0 Å². The minimum absolute atomic E-state index is 0.278. The van der Waals surface area contributed by atoms with E-state index in [4.69, 9.17) is 10.5 Å². The maximum atomic E-state index is 12.1. The molecule has 0 saturated carbocycles. The third-order valence-electron chi connectivity index (χ3n) is 4.44. The highest BCUT2D eigenvalue weighted by molar-refractivity contribution is 7.17. The summed E-state index contributed by atoms with van der Waals surface area (Å²) in [6.07, 6.45) is 3.77. The standard InChI is InChI=1S/C16H24N4O3S/c17-14(21)13-11-3-1-4-12(11)24-15(13)19-16(22)18-5-2-6-20-7-9-23-10-8-20/h1-10H2,(H2,17,21)(H2,18,19,22). The molecular formula is C16H24N4O3S. The highest BCUT2D eigenvalue weighted by Crippen LogP contribution is 2.38. The maximum absolute atomic E-state index is 12.1. The quantitative estimate of drug-likeness (QED) is 0.670. The highest BCUT2D eigenvalue weighted by Gasteiger charge is 2.26. The summed E-state index contributed by atoms with van der Waals surface area (Å²) in [7, 11) is 0. The van der Waals surface area contributed by atoms with E-state index >= 15 is 0 Å². The first kappa shape index (κ1) is 17.2. The van der Waals surface area contributed by atoms with Gasteiger partial charge in [-0.25, -0.2) is 4.79 Å². The minimum atomic E-state index is -0.461. The third-order valence-corrected chi connectivity index (χ3v) is 5.64. The summed E-state index contributed by atoms with van der Waals surface area (Å²) in [5.41, 5.74) is 7.01. The van der Waals surface area contributed by atoms with Gasteiger partial charge < -0.3 is 15.8 Å². The molecule has 2 heterocycles. The van der Waals surface area contributed by atoms with Crippen molar-refractivity contribution >= 4 is 28.3 Å². The van der Waals surface area contributed by atoms with Crippen LogP contribution in [-0.2, 0) is 17.6 Å². The van der Waals surface area contributed by atoms with Crippen LogP contribution in [0.3, 0.4) is 0 Å². The largest absolute Gasteiger partial charge is 0.379 e. The number of hydrogen-bond acceptors (Lipinski definition) is 5. The number of urea groups is 1. The molecule has 24 heavy (non-hydrogen) atoms. The normalized spacial score (nSPS) is 17.5. The van der Waals surface area contributed by atoms with Crippen LogP contribution in [0.15, 0.2) is 0 Å². The number of primary amides is 1. The molecule has 1 aromatic rings. The molecule has 3 amide bonds. The number of nitrogens with two attached hydrogens (primary N) is 1. The number of aryl methyl sites for hydroxylation is 1. The molecule has 1 aliphatic heterocycles. The van der Waals surface area contributed by atoms with Crippen molar-refractivity contribution in [1.82, 2.24) is 10.2 Å². The Bertz CT molecular complexity index is 611. The summed E-state index contributed by atoms with van der Waals surface area (Å²) in [6.45, 7) is 5.02. The van der Waals surface area contributed by atoms with Crippen LogP contribution >= 0.6 is 11.3 Å². The van der Waals surface area contributed by atoms with Crippen molar-refractivity contribution in [3.63, 3.8) is 0 Å². The van der Waals surface area contributed by atoms with E-state index in [1.54, 1.807) is 0 Å². The Morgan fingerprint density at radius 2 is 2.04 bits per heavy atom. The molecule has 3 rings (SSSR count). The lowest BCUT2D eigenvalue weighted by atomic mass is 10.1. The number of nitrogens with one attached hydrogen (secondary N) is 2. The van der Waals surface area contributed by atoms with Crippen LogP contribution in [0.1, 0.15) is 33.6 Å². The SMILES string of the molecule is NC(=O)c1c(NC(=O)NCCCN2CCOCC2)sc2c1CCC2. The van der Waals surface area contributed by atoms with Gasteiger partial charge in [0.25, 0.3) is 5.91 Å². The summed E-state index contributed by atoms with van der Waals surface area (Å²) >= 11 is 1.47. The predicted molar refractivity (Wildman–Crippen MR) is 93.8 cm³/mol. The number of amides is 3. The molecule has 0 unspecified atom stereocenters. The van der Waals surface area contributed by atoms with Crippen molar-refractivity contribution in [2.45, 2.75) is 25.7 Å². The molecule has 0 atom stereocenters. The maximum Gasteiger partial charge on any atom is 0.319 e. The number of nitrogens with zero attached hydrogens (tertiary/aromatic N) is 1. The van der Waals surface area contributed by atoms with E-state index in [0.717, 1.165) is 64.1 Å². The second kappa shape index (κ2) is 7.96. The third kappa shape index (κ3) is 4.06. The summed E-state index contributed by atoms with van der Waals surface area (Å²) in [6, 6.07) is -0.278. The number of morpholine rings is 1. The zero-order valence-electron chi connectivity index (χ0n) is 13.7. The number of thiophene rings is 1. The summed E-state index contributed by atoms with van der Waals surface area (Å²) in [5.74, 6) is -0.461. The van der Waals surface area contributed by atoms with E-state index < -0.39 is 5.91 Å². The monoisotopic (exact) mass is 352 g/mol. The lowest BCUT2D eigenvalue weighted by Crippen LogP contribution is -2.38. The van der Waals surface area contributed by atoms with Crippen molar-refractivity contribution < 1.29 is 14.3 Å². The Kier molecular flexibility index (Phi) is 5.70. The molecule has 7 nitrogen and oxygen atoms in total. The second-order valence-corrected chi connectivity index (χ2v) is 7.22. The van der Waals surface area contributed by atoms with Crippen LogP contribution in [0.4, 0.5) is 9.80 Å². The van der Waals surface area contributed by atoms with Crippen molar-refractivity contribution in [2.24, 2.45) is 5.73 Å². The van der Waals surface area contributed by atoms with Gasteiger partial charge in [-0.2, -0.15) is 0 Å². The van der Waals surface area contributed by atoms with Crippen molar-refractivity contribution in [1.29, 1.82) is 0 Å². The van der Waals surface area contributed by atoms with Gasteiger partial charge in [0.15, 0.2) is 0 Å². The van der Waals surface area contributed by atoms with E-state index in [-0.39, 0.29) is 6.03 Å². The van der Waals surface area contributed by atoms with E-state index in [9.17, 15) is 9.59 Å². The number of rotatable bonds is 6. The molecule has 4 N–H and O–H groups in total. The number of fused-ring (bicyclic) bond motifs is 1. The van der Waals surface area contributed by atoms with Gasteiger partial charge in [0.1, 0.15) is 5.00 Å². The van der Waals surface area contributed by atoms with Crippen LogP contribution in [0.5, 0.6) is 0 Å². The fraction of sp³-hybridized carbons (Fsp3) is 0.625. The van der Waals surface area contributed by atoms with Gasteiger partial charge in [-0.1, -0.05) is 0 Å². The fourth-order valence-corrected chi connectivity index (χ4v) is 4.52. The molecular weight excluding hydrogens is 328 g/mol. The molecule has 0 bridgehead atoms. The van der Waals surface area contributed by atoms with Crippen LogP contribution < -0.4 is 16.4 Å². The average Bonchev–Trinajstić information content (AvgIpc) is 3.12. The topological polar surface area (TPSA) is 96.7 Å². The van der Waals surface area contributed by atoms with Gasteiger partial charge in [0.05, 0.1) is 18.8 Å². The Morgan fingerprint density at radius 1 is 1.25 bits per heavy atom. The number of anilines is 1. The molecule has 0 radical (unpaired) electrons. The van der Waals surface area contributed by atoms with Crippen LogP contribution in [-0.4, -0.2) is 56.2 Å². The molecule has 2 aliphatic rings. The smallest absolute Gasteiger partial charge is 0.319 e. The zero-order chi connectivity index (χ0) is 16.9. The molecule has 0 spiro atoms. The van der Waals surface area contributed by atoms with E-state index in [1.807, 2.05) is 0 Å². The Morgan fingerprint density at radius 3 is 2.79 bits per heavy atom. The zero-order valence-corrected chi connectivity index (χ0v) is 14.5. The first-order chi connectivity index (χ1) is 11.6. The van der Waals surface area contributed by atoms with E-state index in [2.05, 4.69) is 15.5 Å². The van der Waals surface area contributed by atoms with E-state index in [1.165, 1.54) is 16.2 Å². The first-order valence-electron chi connectivity index (χ1n) is 8.44. The van der Waals surface area contributed by atoms with Gasteiger partial charge in [-0.15, -0.1) is 11.3 Å².